The Balaban J connectivity index is 0.000000240. The zero-order valence-corrected chi connectivity index (χ0v) is 12.8. The highest BCUT2D eigenvalue weighted by Crippen LogP contribution is 2.22. The number of rotatable bonds is 5. The molecule has 1 aliphatic rings. The number of hydrogen-bond donors (Lipinski definition) is 2. The van der Waals surface area contributed by atoms with Crippen molar-refractivity contribution in [2.45, 2.75) is 51.9 Å². The van der Waals surface area contributed by atoms with Crippen LogP contribution in [-0.2, 0) is 6.42 Å². The van der Waals surface area contributed by atoms with Gasteiger partial charge < -0.3 is 10.2 Å². The number of aliphatic hydroxyl groups is 2. The fraction of sp³-hybridized carbons (Fsp3) is 0.667. The van der Waals surface area contributed by atoms with E-state index in [1.807, 2.05) is 18.2 Å². The summed E-state index contributed by atoms with van der Waals surface area (Å²) in [7, 11) is 0. The van der Waals surface area contributed by atoms with E-state index in [2.05, 4.69) is 19.1 Å². The van der Waals surface area contributed by atoms with Gasteiger partial charge in [-0.15, -0.1) is 0 Å². The maximum Gasteiger partial charge on any atom is 0.0481 e. The van der Waals surface area contributed by atoms with Crippen LogP contribution in [0.25, 0.3) is 0 Å². The van der Waals surface area contributed by atoms with Crippen molar-refractivity contribution < 1.29 is 10.2 Å². The minimum Gasteiger partial charge on any atom is -0.396 e. The Morgan fingerprint density at radius 3 is 2.05 bits per heavy atom. The number of hydrogen-bond acceptors (Lipinski definition) is 2. The molecule has 0 unspecified atom stereocenters. The van der Waals surface area contributed by atoms with Crippen LogP contribution >= 0.6 is 0 Å². The molecule has 0 aromatic heterocycles. The highest BCUT2D eigenvalue weighted by molar-refractivity contribution is 5.14. The van der Waals surface area contributed by atoms with Gasteiger partial charge in [0.15, 0.2) is 0 Å². The van der Waals surface area contributed by atoms with Gasteiger partial charge in [0.25, 0.3) is 0 Å². The lowest BCUT2D eigenvalue weighted by Crippen LogP contribution is -2.11. The third kappa shape index (κ3) is 7.66. The van der Waals surface area contributed by atoms with E-state index in [-0.39, 0.29) is 19.1 Å². The molecule has 1 saturated carbocycles. The van der Waals surface area contributed by atoms with Gasteiger partial charge in [0.05, 0.1) is 0 Å². The fourth-order valence-electron chi connectivity index (χ4n) is 2.56. The largest absolute Gasteiger partial charge is 0.396 e. The molecule has 2 heteroatoms. The Morgan fingerprint density at radius 1 is 1.00 bits per heavy atom. The van der Waals surface area contributed by atoms with Gasteiger partial charge in [-0.3, -0.25) is 0 Å². The predicted molar refractivity (Wildman–Crippen MR) is 84.7 cm³/mol. The van der Waals surface area contributed by atoms with Gasteiger partial charge in [0.2, 0.25) is 0 Å². The van der Waals surface area contributed by atoms with Gasteiger partial charge in [-0.25, -0.2) is 0 Å². The van der Waals surface area contributed by atoms with Crippen LogP contribution < -0.4 is 0 Å². The van der Waals surface area contributed by atoms with Crippen LogP contribution in [0.4, 0.5) is 0 Å². The number of benzene rings is 1. The fourth-order valence-corrected chi connectivity index (χ4v) is 2.56. The molecule has 0 amide bonds. The lowest BCUT2D eigenvalue weighted by atomic mass is 9.91. The molecule has 2 N–H and O–H groups in total. The molecule has 20 heavy (non-hydrogen) atoms. The summed E-state index contributed by atoms with van der Waals surface area (Å²) in [6.45, 7) is 2.51. The molecule has 1 aliphatic carbocycles. The van der Waals surface area contributed by atoms with Gasteiger partial charge in [-0.1, -0.05) is 69.4 Å². The van der Waals surface area contributed by atoms with Crippen LogP contribution in [0.2, 0.25) is 0 Å². The topological polar surface area (TPSA) is 40.5 Å². The summed E-state index contributed by atoms with van der Waals surface area (Å²) < 4.78 is 0. The van der Waals surface area contributed by atoms with Crippen LogP contribution in [0.15, 0.2) is 30.3 Å². The zero-order chi connectivity index (χ0) is 14.6. The standard InChI is InChI=1S/C11H16O2.C7H14/c12-8-11(9-13)7-6-10-4-2-1-3-5-10;1-7-5-3-2-4-6-7/h1-5,11-13H,6-9H2;7H,2-6H2,1H3. The number of aliphatic hydroxyl groups excluding tert-OH is 2. The van der Waals surface area contributed by atoms with Crippen LogP contribution in [0, 0.1) is 11.8 Å². The van der Waals surface area contributed by atoms with Gasteiger partial charge in [0.1, 0.15) is 0 Å². The van der Waals surface area contributed by atoms with Crippen LogP contribution in [0.3, 0.4) is 0 Å². The second-order valence-corrected chi connectivity index (χ2v) is 6.00. The van der Waals surface area contributed by atoms with Gasteiger partial charge in [0, 0.05) is 19.1 Å². The molecule has 0 atom stereocenters. The van der Waals surface area contributed by atoms with E-state index in [1.54, 1.807) is 0 Å². The summed E-state index contributed by atoms with van der Waals surface area (Å²) in [6.07, 6.45) is 9.20. The SMILES string of the molecule is CC1CCCCC1.OCC(CO)CCc1ccccc1. The molecule has 0 bridgehead atoms. The predicted octanol–water partition coefficient (Wildman–Crippen LogP) is 3.81. The minimum atomic E-state index is 0.0280. The van der Waals surface area contributed by atoms with Crippen molar-refractivity contribution in [3.8, 4) is 0 Å². The van der Waals surface area contributed by atoms with Gasteiger partial charge in [-0.2, -0.15) is 0 Å². The summed E-state index contributed by atoms with van der Waals surface area (Å²) in [4.78, 5) is 0. The van der Waals surface area contributed by atoms with Crippen molar-refractivity contribution in [2.75, 3.05) is 13.2 Å². The van der Waals surface area contributed by atoms with E-state index in [0.717, 1.165) is 18.8 Å². The maximum absolute atomic E-state index is 8.84. The average Bonchev–Trinajstić information content (AvgIpc) is 2.51. The first-order valence-corrected chi connectivity index (χ1v) is 8.02. The van der Waals surface area contributed by atoms with Crippen LogP contribution in [0.5, 0.6) is 0 Å². The Morgan fingerprint density at radius 2 is 1.60 bits per heavy atom. The van der Waals surface area contributed by atoms with Crippen LogP contribution in [0.1, 0.15) is 51.0 Å². The Hall–Kier alpha value is -0.860. The van der Waals surface area contributed by atoms with Crippen molar-refractivity contribution in [3.05, 3.63) is 35.9 Å². The zero-order valence-electron chi connectivity index (χ0n) is 12.8. The first kappa shape index (κ1) is 17.2. The quantitative estimate of drug-likeness (QED) is 0.860. The molecule has 2 nitrogen and oxygen atoms in total. The molecule has 1 aromatic carbocycles. The molecular formula is C18H30O2. The first-order valence-electron chi connectivity index (χ1n) is 8.02. The van der Waals surface area contributed by atoms with E-state index in [4.69, 9.17) is 10.2 Å². The normalized spacial score (nSPS) is 15.8. The molecule has 114 valence electrons. The van der Waals surface area contributed by atoms with Crippen molar-refractivity contribution >= 4 is 0 Å². The lowest BCUT2D eigenvalue weighted by Gasteiger charge is -2.15. The molecule has 1 fully saturated rings. The third-order valence-corrected chi connectivity index (χ3v) is 4.09. The summed E-state index contributed by atoms with van der Waals surface area (Å²) in [5, 5.41) is 17.7. The molecule has 0 spiro atoms. The monoisotopic (exact) mass is 278 g/mol. The smallest absolute Gasteiger partial charge is 0.0481 e. The Bertz CT molecular complexity index is 313. The minimum absolute atomic E-state index is 0.0280. The van der Waals surface area contributed by atoms with Gasteiger partial charge in [-0.05, 0) is 24.3 Å². The van der Waals surface area contributed by atoms with Gasteiger partial charge >= 0.3 is 0 Å². The third-order valence-electron chi connectivity index (χ3n) is 4.09. The summed E-state index contributed by atoms with van der Waals surface area (Å²) >= 11 is 0. The molecule has 0 saturated heterocycles. The Kier molecular flexibility index (Phi) is 9.35. The summed E-state index contributed by atoms with van der Waals surface area (Å²) in [6, 6.07) is 10.1. The second-order valence-electron chi connectivity index (χ2n) is 6.00. The maximum atomic E-state index is 8.84. The molecular weight excluding hydrogens is 248 g/mol. The van der Waals surface area contributed by atoms with E-state index in [1.165, 1.54) is 37.7 Å². The van der Waals surface area contributed by atoms with Crippen molar-refractivity contribution in [2.24, 2.45) is 11.8 Å². The lowest BCUT2D eigenvalue weighted by molar-refractivity contribution is 0.144. The second kappa shape index (κ2) is 10.9. The van der Waals surface area contributed by atoms with E-state index in [0.29, 0.717) is 0 Å². The highest BCUT2D eigenvalue weighted by Gasteiger charge is 2.06. The summed E-state index contributed by atoms with van der Waals surface area (Å²) in [5.41, 5.74) is 1.26. The molecule has 0 heterocycles. The average molecular weight is 278 g/mol. The van der Waals surface area contributed by atoms with Crippen LogP contribution in [-0.4, -0.2) is 23.4 Å². The van der Waals surface area contributed by atoms with Crippen molar-refractivity contribution in [3.63, 3.8) is 0 Å². The summed E-state index contributed by atoms with van der Waals surface area (Å²) in [5.74, 6) is 1.06. The highest BCUT2D eigenvalue weighted by atomic mass is 16.3. The van der Waals surface area contributed by atoms with E-state index in [9.17, 15) is 0 Å². The number of aryl methyl sites for hydroxylation is 1. The molecule has 1 aromatic rings. The van der Waals surface area contributed by atoms with Crippen molar-refractivity contribution in [1.29, 1.82) is 0 Å². The molecule has 0 aliphatic heterocycles. The first-order chi connectivity index (χ1) is 9.76. The Labute approximate surface area is 123 Å². The molecule has 2 rings (SSSR count). The van der Waals surface area contributed by atoms with E-state index >= 15 is 0 Å². The molecule has 0 radical (unpaired) electrons. The van der Waals surface area contributed by atoms with E-state index < -0.39 is 0 Å². The van der Waals surface area contributed by atoms with Crippen molar-refractivity contribution in [1.82, 2.24) is 0 Å².